The summed E-state index contributed by atoms with van der Waals surface area (Å²) in [5.74, 6) is 0. The topological polar surface area (TPSA) is 38.8 Å². The first-order valence-corrected chi connectivity index (χ1v) is 10.6. The summed E-state index contributed by atoms with van der Waals surface area (Å²) >= 11 is 0. The number of urea groups is 1. The highest BCUT2D eigenvalue weighted by Gasteiger charge is 2.41. The molecule has 2 amide bonds. The van der Waals surface area contributed by atoms with Crippen molar-refractivity contribution in [2.75, 3.05) is 20.1 Å². The Morgan fingerprint density at radius 2 is 1.64 bits per heavy atom. The molecule has 4 heterocycles. The van der Waals surface area contributed by atoms with E-state index in [0.717, 1.165) is 32.4 Å². The number of fused-ring (bicyclic) bond motifs is 4. The van der Waals surface area contributed by atoms with Crippen LogP contribution in [0.3, 0.4) is 0 Å². The number of amides is 2. The third-order valence-electron chi connectivity index (χ3n) is 7.39. The molecule has 0 aromatic heterocycles. The number of hydrogen-bond donors (Lipinski definition) is 1. The summed E-state index contributed by atoms with van der Waals surface area (Å²) in [6.45, 7) is 6.45. The van der Waals surface area contributed by atoms with Gasteiger partial charge in [0.1, 0.15) is 0 Å². The molecule has 0 aliphatic carbocycles. The zero-order chi connectivity index (χ0) is 17.6. The molecule has 4 aliphatic rings. The lowest BCUT2D eigenvalue weighted by molar-refractivity contribution is 0.0492. The van der Waals surface area contributed by atoms with Crippen LogP contribution >= 0.6 is 0 Å². The number of hydrogen-bond acceptors (Lipinski definition) is 3. The van der Waals surface area contributed by atoms with Gasteiger partial charge in [-0.1, -0.05) is 6.42 Å². The molecule has 4 aliphatic heterocycles. The molecule has 0 radical (unpaired) electrons. The van der Waals surface area contributed by atoms with Gasteiger partial charge >= 0.3 is 6.03 Å². The van der Waals surface area contributed by atoms with Crippen molar-refractivity contribution in [3.8, 4) is 0 Å². The third-order valence-corrected chi connectivity index (χ3v) is 7.39. The van der Waals surface area contributed by atoms with E-state index in [1.807, 2.05) is 0 Å². The molecule has 5 atom stereocenters. The van der Waals surface area contributed by atoms with Crippen molar-refractivity contribution in [2.24, 2.45) is 0 Å². The number of rotatable bonds is 2. The summed E-state index contributed by atoms with van der Waals surface area (Å²) in [6.07, 6.45) is 9.95. The van der Waals surface area contributed by atoms with Crippen LogP contribution in [0.1, 0.15) is 65.2 Å². The molecule has 1 N–H and O–H groups in total. The Bertz CT molecular complexity index is 482. The molecule has 4 rings (SSSR count). The van der Waals surface area contributed by atoms with E-state index in [1.165, 1.54) is 32.1 Å². The molecule has 0 aromatic rings. The maximum Gasteiger partial charge on any atom is 0.317 e. The number of likely N-dealkylation sites (tertiary alicyclic amines) is 1. The molecule has 0 spiro atoms. The van der Waals surface area contributed by atoms with E-state index in [0.29, 0.717) is 36.3 Å². The van der Waals surface area contributed by atoms with Crippen molar-refractivity contribution in [2.45, 2.75) is 101 Å². The molecule has 0 aromatic carbocycles. The Kier molecular flexibility index (Phi) is 4.98. The quantitative estimate of drug-likeness (QED) is 0.834. The Labute approximate surface area is 153 Å². The van der Waals surface area contributed by atoms with Gasteiger partial charge in [0.25, 0.3) is 0 Å². The first-order chi connectivity index (χ1) is 12.0. The number of carbonyl (C=O) groups excluding carboxylic acids is 1. The molecular weight excluding hydrogens is 312 g/mol. The lowest BCUT2D eigenvalue weighted by atomic mass is 9.82. The van der Waals surface area contributed by atoms with Gasteiger partial charge in [-0.15, -0.1) is 0 Å². The molecule has 4 saturated heterocycles. The van der Waals surface area contributed by atoms with E-state index in [2.05, 4.69) is 40.9 Å². The summed E-state index contributed by atoms with van der Waals surface area (Å²) in [5.41, 5.74) is 0. The zero-order valence-electron chi connectivity index (χ0n) is 16.3. The van der Waals surface area contributed by atoms with Crippen molar-refractivity contribution in [3.05, 3.63) is 0 Å². The Balaban J connectivity index is 1.36. The van der Waals surface area contributed by atoms with Crippen LogP contribution in [-0.2, 0) is 0 Å². The Hall–Kier alpha value is -0.810. The highest BCUT2D eigenvalue weighted by Crippen LogP contribution is 2.34. The van der Waals surface area contributed by atoms with E-state index in [4.69, 9.17) is 0 Å². The average molecular weight is 349 g/mol. The molecule has 1 unspecified atom stereocenters. The Morgan fingerprint density at radius 1 is 0.960 bits per heavy atom. The molecule has 4 fully saturated rings. The maximum absolute atomic E-state index is 13.0. The molecular formula is C20H36N4O. The van der Waals surface area contributed by atoms with Gasteiger partial charge in [0.05, 0.1) is 0 Å². The zero-order valence-corrected chi connectivity index (χ0v) is 16.3. The molecule has 25 heavy (non-hydrogen) atoms. The minimum Gasteiger partial charge on any atom is -0.335 e. The van der Waals surface area contributed by atoms with Crippen LogP contribution in [0, 0.1) is 0 Å². The largest absolute Gasteiger partial charge is 0.335 e. The fourth-order valence-electron chi connectivity index (χ4n) is 6.14. The second-order valence-corrected chi connectivity index (χ2v) is 9.18. The summed E-state index contributed by atoms with van der Waals surface area (Å²) in [5, 5.41) is 3.41. The number of carbonyl (C=O) groups is 1. The minimum atomic E-state index is 0.198. The smallest absolute Gasteiger partial charge is 0.317 e. The maximum atomic E-state index is 13.0. The van der Waals surface area contributed by atoms with Crippen LogP contribution < -0.4 is 5.32 Å². The van der Waals surface area contributed by atoms with Crippen molar-refractivity contribution in [3.63, 3.8) is 0 Å². The standard InChI is InChI=1S/C20H36N4O/c1-14(2)24-16-7-8-19(24)13-23(10-9-16)20(25)21-15-11-17-5-4-6-18(12-15)22(17)3/h14-19H,4-13H2,1-3H3,(H,21,25)/t15?,16-,17-,18+,19-/m0/s1. The lowest BCUT2D eigenvalue weighted by Gasteiger charge is -2.47. The van der Waals surface area contributed by atoms with Gasteiger partial charge in [-0.25, -0.2) is 4.79 Å². The lowest BCUT2D eigenvalue weighted by Crippen LogP contribution is -2.57. The highest BCUT2D eigenvalue weighted by atomic mass is 16.2. The van der Waals surface area contributed by atoms with Gasteiger partial charge in [0.2, 0.25) is 0 Å². The second-order valence-electron chi connectivity index (χ2n) is 9.18. The van der Waals surface area contributed by atoms with E-state index in [-0.39, 0.29) is 6.03 Å². The predicted molar refractivity (Wildman–Crippen MR) is 101 cm³/mol. The van der Waals surface area contributed by atoms with Gasteiger partial charge in [0, 0.05) is 49.3 Å². The van der Waals surface area contributed by atoms with Crippen LogP contribution in [0.2, 0.25) is 0 Å². The molecule has 4 bridgehead atoms. The van der Waals surface area contributed by atoms with Gasteiger partial charge in [-0.3, -0.25) is 4.90 Å². The summed E-state index contributed by atoms with van der Waals surface area (Å²) < 4.78 is 0. The van der Waals surface area contributed by atoms with Crippen molar-refractivity contribution in [1.29, 1.82) is 0 Å². The van der Waals surface area contributed by atoms with Crippen LogP contribution in [0.25, 0.3) is 0 Å². The summed E-state index contributed by atoms with van der Waals surface area (Å²) in [4.78, 5) is 20.3. The first-order valence-electron chi connectivity index (χ1n) is 10.6. The van der Waals surface area contributed by atoms with E-state index in [9.17, 15) is 4.79 Å². The number of nitrogens with zero attached hydrogens (tertiary/aromatic N) is 3. The average Bonchev–Trinajstić information content (AvgIpc) is 2.83. The molecule has 142 valence electrons. The van der Waals surface area contributed by atoms with Crippen LogP contribution in [-0.4, -0.2) is 77.1 Å². The fraction of sp³-hybridized carbons (Fsp3) is 0.950. The summed E-state index contributed by atoms with van der Waals surface area (Å²) in [6, 6.07) is 3.77. The van der Waals surface area contributed by atoms with Crippen molar-refractivity contribution < 1.29 is 4.79 Å². The van der Waals surface area contributed by atoms with E-state index < -0.39 is 0 Å². The monoisotopic (exact) mass is 348 g/mol. The SMILES string of the molecule is CC(C)N1[C@H]2CC[C@H]1CN(C(=O)NC1C[C@H]3CCC[C@@H](C1)N3C)CC2. The number of nitrogens with one attached hydrogen (secondary N) is 1. The van der Waals surface area contributed by atoms with E-state index >= 15 is 0 Å². The van der Waals surface area contributed by atoms with E-state index in [1.54, 1.807) is 0 Å². The number of piperidine rings is 2. The van der Waals surface area contributed by atoms with Crippen molar-refractivity contribution in [1.82, 2.24) is 20.0 Å². The van der Waals surface area contributed by atoms with Gasteiger partial charge in [-0.2, -0.15) is 0 Å². The second kappa shape index (κ2) is 7.07. The normalized spacial score (nSPS) is 39.5. The highest BCUT2D eigenvalue weighted by molar-refractivity contribution is 5.74. The summed E-state index contributed by atoms with van der Waals surface area (Å²) in [7, 11) is 2.28. The first kappa shape index (κ1) is 17.6. The third kappa shape index (κ3) is 3.42. The fourth-order valence-corrected chi connectivity index (χ4v) is 6.14. The van der Waals surface area contributed by atoms with Gasteiger partial charge in [-0.05, 0) is 65.8 Å². The minimum absolute atomic E-state index is 0.198. The van der Waals surface area contributed by atoms with Gasteiger partial charge < -0.3 is 15.1 Å². The molecule has 5 heteroatoms. The van der Waals surface area contributed by atoms with Crippen LogP contribution in [0.5, 0.6) is 0 Å². The molecule has 5 nitrogen and oxygen atoms in total. The predicted octanol–water partition coefficient (Wildman–Crippen LogP) is 2.66. The van der Waals surface area contributed by atoms with Crippen LogP contribution in [0.4, 0.5) is 4.79 Å². The van der Waals surface area contributed by atoms with Crippen LogP contribution in [0.15, 0.2) is 0 Å². The Morgan fingerprint density at radius 3 is 2.32 bits per heavy atom. The van der Waals surface area contributed by atoms with Crippen molar-refractivity contribution >= 4 is 6.03 Å². The van der Waals surface area contributed by atoms with Gasteiger partial charge in [0.15, 0.2) is 0 Å². The molecule has 0 saturated carbocycles.